The number of fused-ring (bicyclic) bond motifs is 1. The first kappa shape index (κ1) is 24.7. The van der Waals surface area contributed by atoms with Crippen LogP contribution in [0, 0.1) is 23.3 Å². The minimum absolute atomic E-state index is 0.119. The van der Waals surface area contributed by atoms with Crippen LogP contribution >= 0.6 is 11.6 Å². The summed E-state index contributed by atoms with van der Waals surface area (Å²) in [6.45, 7) is 4.66. The van der Waals surface area contributed by atoms with Crippen LogP contribution in [0.15, 0.2) is 48.5 Å². The van der Waals surface area contributed by atoms with Gasteiger partial charge in [-0.25, -0.2) is 17.6 Å². The molecule has 4 rings (SSSR count). The van der Waals surface area contributed by atoms with Crippen molar-refractivity contribution in [2.45, 2.75) is 38.8 Å². The molecule has 2 amide bonds. The van der Waals surface area contributed by atoms with E-state index in [9.17, 15) is 27.2 Å². The highest BCUT2D eigenvalue weighted by atomic mass is 35.5. The van der Waals surface area contributed by atoms with Crippen molar-refractivity contribution in [1.29, 1.82) is 0 Å². The van der Waals surface area contributed by atoms with Crippen LogP contribution in [0.1, 0.15) is 53.9 Å². The van der Waals surface area contributed by atoms with Gasteiger partial charge in [0.1, 0.15) is 23.3 Å². The number of halogens is 5. The van der Waals surface area contributed by atoms with Gasteiger partial charge in [0.2, 0.25) is 5.91 Å². The molecule has 0 aliphatic carbocycles. The number of carbonyl (C=O) groups is 2. The van der Waals surface area contributed by atoms with Gasteiger partial charge in [-0.1, -0.05) is 23.7 Å². The first-order valence-electron chi connectivity index (χ1n) is 10.8. The van der Waals surface area contributed by atoms with Crippen LogP contribution in [0.25, 0.3) is 0 Å². The van der Waals surface area contributed by atoms with E-state index >= 15 is 0 Å². The minimum Gasteiger partial charge on any atom is -0.345 e. The summed E-state index contributed by atoms with van der Waals surface area (Å²) in [6, 6.07) is 8.77. The summed E-state index contributed by atoms with van der Waals surface area (Å²) >= 11 is 6.16. The predicted molar refractivity (Wildman–Crippen MR) is 124 cm³/mol. The molecule has 1 atom stereocenters. The third-order valence-electron chi connectivity index (χ3n) is 6.21. The first-order valence-corrected chi connectivity index (χ1v) is 11.1. The summed E-state index contributed by atoms with van der Waals surface area (Å²) in [7, 11) is 0. The van der Waals surface area contributed by atoms with Crippen molar-refractivity contribution < 1.29 is 27.2 Å². The largest absolute Gasteiger partial charge is 0.345 e. The molecule has 1 heterocycles. The van der Waals surface area contributed by atoms with Crippen LogP contribution < -0.4 is 10.2 Å². The van der Waals surface area contributed by atoms with Crippen LogP contribution in [0.2, 0.25) is 5.02 Å². The average Bonchev–Trinajstić information content (AvgIpc) is 2.95. The van der Waals surface area contributed by atoms with Gasteiger partial charge in [-0.05, 0) is 50.6 Å². The van der Waals surface area contributed by atoms with Gasteiger partial charge in [0.15, 0.2) is 0 Å². The molecule has 1 unspecified atom stereocenters. The monoisotopic (exact) mass is 504 g/mol. The number of hydrogen-bond donors (Lipinski definition) is 1. The summed E-state index contributed by atoms with van der Waals surface area (Å²) in [6.07, 6.45) is 0. The Bertz CT molecular complexity index is 1320. The molecule has 1 aliphatic heterocycles. The highest BCUT2D eigenvalue weighted by Gasteiger charge is 2.44. The molecule has 0 saturated heterocycles. The third kappa shape index (κ3) is 4.38. The van der Waals surface area contributed by atoms with Crippen molar-refractivity contribution in [3.8, 4) is 0 Å². The van der Waals surface area contributed by atoms with Crippen LogP contribution in [0.4, 0.5) is 23.2 Å². The van der Waals surface area contributed by atoms with E-state index in [0.717, 1.165) is 0 Å². The molecule has 0 aromatic heterocycles. The number of anilines is 1. The summed E-state index contributed by atoms with van der Waals surface area (Å²) in [4.78, 5) is 27.5. The Morgan fingerprint density at radius 3 is 2.31 bits per heavy atom. The molecule has 0 radical (unpaired) electrons. The second-order valence-electron chi connectivity index (χ2n) is 8.93. The molecular weight excluding hydrogens is 484 g/mol. The van der Waals surface area contributed by atoms with E-state index in [-0.39, 0.29) is 28.6 Å². The summed E-state index contributed by atoms with van der Waals surface area (Å²) in [5.41, 5.74) is -0.122. The molecule has 1 N–H and O–H groups in total. The molecule has 0 spiro atoms. The van der Waals surface area contributed by atoms with Crippen LogP contribution in [-0.4, -0.2) is 11.8 Å². The lowest BCUT2D eigenvalue weighted by molar-refractivity contribution is -0.122. The van der Waals surface area contributed by atoms with Crippen molar-refractivity contribution in [1.82, 2.24) is 5.32 Å². The Balaban J connectivity index is 1.66. The summed E-state index contributed by atoms with van der Waals surface area (Å²) < 4.78 is 55.9. The van der Waals surface area contributed by atoms with Gasteiger partial charge in [-0.15, -0.1) is 0 Å². The third-order valence-corrected chi connectivity index (χ3v) is 6.56. The van der Waals surface area contributed by atoms with Crippen LogP contribution in [0.5, 0.6) is 0 Å². The number of nitrogens with zero attached hydrogens (tertiary/aromatic N) is 1. The van der Waals surface area contributed by atoms with E-state index in [0.29, 0.717) is 23.4 Å². The standard InChI is InChI=1S/C26H21ClF4N2O2/c1-13(23-20(30)10-15(28)11-21(23)31)32-24(34)14-7-8-17-22(9-14)33(25(35)26(17,2)3)12-16-18(27)5-4-6-19(16)29/h4-11,13H,12H2,1-3H3,(H,32,34). The van der Waals surface area contributed by atoms with Gasteiger partial charge >= 0.3 is 0 Å². The molecule has 1 aliphatic rings. The van der Waals surface area contributed by atoms with Crippen molar-refractivity contribution >= 4 is 29.1 Å². The van der Waals surface area contributed by atoms with E-state index < -0.39 is 46.2 Å². The van der Waals surface area contributed by atoms with Gasteiger partial charge in [-0.2, -0.15) is 0 Å². The van der Waals surface area contributed by atoms with Gasteiger partial charge < -0.3 is 10.2 Å². The van der Waals surface area contributed by atoms with E-state index in [2.05, 4.69) is 5.32 Å². The zero-order valence-corrected chi connectivity index (χ0v) is 19.8. The molecule has 0 saturated carbocycles. The Morgan fingerprint density at radius 1 is 1.03 bits per heavy atom. The van der Waals surface area contributed by atoms with E-state index in [4.69, 9.17) is 11.6 Å². The molecule has 35 heavy (non-hydrogen) atoms. The van der Waals surface area contributed by atoms with Gasteiger partial charge in [0.05, 0.1) is 18.0 Å². The Morgan fingerprint density at radius 2 is 1.69 bits per heavy atom. The SMILES string of the molecule is CC(NC(=O)c1ccc2c(c1)N(Cc1c(F)cccc1Cl)C(=O)C2(C)C)c1c(F)cc(F)cc1F. The van der Waals surface area contributed by atoms with Crippen molar-refractivity contribution in [3.63, 3.8) is 0 Å². The highest BCUT2D eigenvalue weighted by molar-refractivity contribution is 6.31. The fourth-order valence-corrected chi connectivity index (χ4v) is 4.53. The van der Waals surface area contributed by atoms with Crippen LogP contribution in [-0.2, 0) is 16.8 Å². The maximum Gasteiger partial charge on any atom is 0.251 e. The summed E-state index contributed by atoms with van der Waals surface area (Å²) in [5, 5.41) is 2.66. The van der Waals surface area contributed by atoms with Gasteiger partial charge in [-0.3, -0.25) is 9.59 Å². The number of nitrogens with one attached hydrogen (secondary N) is 1. The molecule has 4 nitrogen and oxygen atoms in total. The quantitative estimate of drug-likeness (QED) is 0.420. The summed E-state index contributed by atoms with van der Waals surface area (Å²) in [5.74, 6) is -4.84. The van der Waals surface area contributed by atoms with Crippen molar-refractivity contribution in [3.05, 3.63) is 99.1 Å². The number of carbonyl (C=O) groups excluding carboxylic acids is 2. The fourth-order valence-electron chi connectivity index (χ4n) is 4.30. The molecule has 0 bridgehead atoms. The second kappa shape index (κ2) is 9.00. The molecule has 3 aromatic carbocycles. The second-order valence-corrected chi connectivity index (χ2v) is 9.33. The van der Waals surface area contributed by atoms with E-state index in [1.54, 1.807) is 19.9 Å². The molecule has 182 valence electrons. The number of benzene rings is 3. The Hall–Kier alpha value is -3.39. The van der Waals surface area contributed by atoms with Gasteiger partial charge in [0.25, 0.3) is 5.91 Å². The zero-order chi connectivity index (χ0) is 25.7. The lowest BCUT2D eigenvalue weighted by atomic mass is 9.86. The minimum atomic E-state index is -1.12. The predicted octanol–water partition coefficient (Wildman–Crippen LogP) is 6.21. The maximum absolute atomic E-state index is 14.4. The van der Waals surface area contributed by atoms with Gasteiger partial charge in [0, 0.05) is 39.5 Å². The molecule has 0 fully saturated rings. The lowest BCUT2D eigenvalue weighted by Gasteiger charge is -2.21. The topological polar surface area (TPSA) is 49.4 Å². The number of hydrogen-bond acceptors (Lipinski definition) is 2. The Kier molecular flexibility index (Phi) is 6.36. The average molecular weight is 505 g/mol. The van der Waals surface area contributed by atoms with Crippen LogP contribution in [0.3, 0.4) is 0 Å². The maximum atomic E-state index is 14.4. The van der Waals surface area contributed by atoms with E-state index in [1.807, 2.05) is 0 Å². The molecular formula is C26H21ClF4N2O2. The zero-order valence-electron chi connectivity index (χ0n) is 19.1. The Labute approximate surface area is 204 Å². The number of amides is 2. The molecule has 9 heteroatoms. The van der Waals surface area contributed by atoms with Crippen molar-refractivity contribution in [2.75, 3.05) is 4.90 Å². The molecule has 3 aromatic rings. The normalized spacial score (nSPS) is 15.2. The van der Waals surface area contributed by atoms with E-state index in [1.165, 1.54) is 42.2 Å². The lowest BCUT2D eigenvalue weighted by Crippen LogP contribution is -2.36. The highest BCUT2D eigenvalue weighted by Crippen LogP contribution is 2.43. The smallest absolute Gasteiger partial charge is 0.251 e. The number of rotatable bonds is 5. The fraction of sp³-hybridized carbons (Fsp3) is 0.231. The first-order chi connectivity index (χ1) is 16.4. The van der Waals surface area contributed by atoms with Crippen molar-refractivity contribution in [2.24, 2.45) is 0 Å².